The second-order valence-corrected chi connectivity index (χ2v) is 9.32. The number of likely N-dealkylation sites (tertiary alicyclic amines) is 1. The summed E-state index contributed by atoms with van der Waals surface area (Å²) in [5.41, 5.74) is 0.276. The highest BCUT2D eigenvalue weighted by atomic mass is 32.2. The fourth-order valence-corrected chi connectivity index (χ4v) is 4.88. The zero-order valence-corrected chi connectivity index (χ0v) is 18.1. The second-order valence-electron chi connectivity index (χ2n) is 7.38. The zero-order chi connectivity index (χ0) is 22.3. The fourth-order valence-electron chi connectivity index (χ4n) is 3.42. The molecule has 1 aromatic rings. The largest absolute Gasteiger partial charge is 0.454 e. The minimum absolute atomic E-state index is 0.0591. The van der Waals surface area contributed by atoms with Gasteiger partial charge in [0.05, 0.1) is 18.1 Å². The maximum absolute atomic E-state index is 12.7. The van der Waals surface area contributed by atoms with E-state index >= 15 is 0 Å². The molecule has 0 radical (unpaired) electrons. The molecule has 31 heavy (non-hydrogen) atoms. The Bertz CT molecular complexity index is 913. The summed E-state index contributed by atoms with van der Waals surface area (Å²) in [4.78, 5) is 37.6. The lowest BCUT2D eigenvalue weighted by atomic mass is 10.2. The molecule has 170 valence electrons. The van der Waals surface area contributed by atoms with Gasteiger partial charge in [0.1, 0.15) is 6.54 Å². The molecule has 0 bridgehead atoms. The van der Waals surface area contributed by atoms with Crippen LogP contribution < -0.4 is 5.32 Å². The van der Waals surface area contributed by atoms with Crippen LogP contribution in [0.15, 0.2) is 29.2 Å². The van der Waals surface area contributed by atoms with Gasteiger partial charge in [-0.3, -0.25) is 14.4 Å². The number of rotatable bonds is 7. The van der Waals surface area contributed by atoms with Gasteiger partial charge in [0.15, 0.2) is 6.61 Å². The minimum atomic E-state index is -3.69. The highest BCUT2D eigenvalue weighted by Crippen LogP contribution is 2.20. The van der Waals surface area contributed by atoms with E-state index in [1.54, 1.807) is 6.07 Å². The number of hydrogen-bond acceptors (Lipinski definition) is 7. The van der Waals surface area contributed by atoms with Crippen LogP contribution in [0, 0.1) is 0 Å². The molecule has 0 unspecified atom stereocenters. The van der Waals surface area contributed by atoms with E-state index in [9.17, 15) is 22.8 Å². The number of hydrogen-bond donors (Lipinski definition) is 1. The van der Waals surface area contributed by atoms with Gasteiger partial charge >= 0.3 is 5.97 Å². The van der Waals surface area contributed by atoms with Crippen molar-refractivity contribution in [3.63, 3.8) is 0 Å². The van der Waals surface area contributed by atoms with Gasteiger partial charge in [-0.05, 0) is 31.0 Å². The van der Waals surface area contributed by atoms with E-state index in [0.29, 0.717) is 26.2 Å². The number of nitrogens with one attached hydrogen (secondary N) is 1. The number of anilines is 1. The van der Waals surface area contributed by atoms with E-state index in [1.807, 2.05) is 0 Å². The van der Waals surface area contributed by atoms with Gasteiger partial charge in [0.25, 0.3) is 5.91 Å². The summed E-state index contributed by atoms with van der Waals surface area (Å²) in [6.07, 6.45) is 3.01. The Morgan fingerprint density at radius 3 is 2.65 bits per heavy atom. The molecule has 1 N–H and O–H groups in total. The Hall–Kier alpha value is -2.50. The molecular weight excluding hydrogens is 426 g/mol. The summed E-state index contributed by atoms with van der Waals surface area (Å²) < 4.78 is 37.0. The van der Waals surface area contributed by atoms with Crippen LogP contribution in [-0.2, 0) is 33.9 Å². The van der Waals surface area contributed by atoms with Crippen LogP contribution in [0.2, 0.25) is 0 Å². The molecule has 11 heteroatoms. The second kappa shape index (κ2) is 10.7. The first-order valence-electron chi connectivity index (χ1n) is 10.3. The third-order valence-electron chi connectivity index (χ3n) is 5.08. The van der Waals surface area contributed by atoms with Crippen molar-refractivity contribution in [2.24, 2.45) is 0 Å². The Balaban J connectivity index is 1.52. The van der Waals surface area contributed by atoms with Gasteiger partial charge in [0, 0.05) is 31.7 Å². The summed E-state index contributed by atoms with van der Waals surface area (Å²) in [7, 11) is -3.69. The lowest BCUT2D eigenvalue weighted by Crippen LogP contribution is -2.40. The van der Waals surface area contributed by atoms with Crippen LogP contribution in [0.5, 0.6) is 0 Å². The van der Waals surface area contributed by atoms with Crippen LogP contribution in [0.4, 0.5) is 5.69 Å². The fraction of sp³-hybridized carbons (Fsp3) is 0.550. The van der Waals surface area contributed by atoms with Crippen LogP contribution in [0.3, 0.4) is 0 Å². The molecule has 2 aliphatic rings. The number of ether oxygens (including phenoxy) is 2. The maximum atomic E-state index is 12.7. The van der Waals surface area contributed by atoms with Crippen molar-refractivity contribution in [3.8, 4) is 0 Å². The summed E-state index contributed by atoms with van der Waals surface area (Å²) >= 11 is 0. The molecule has 1 aromatic carbocycles. The number of carbonyl (C=O) groups is 3. The molecule has 2 saturated heterocycles. The van der Waals surface area contributed by atoms with Crippen molar-refractivity contribution in [3.05, 3.63) is 24.3 Å². The molecule has 0 spiro atoms. The molecule has 2 heterocycles. The van der Waals surface area contributed by atoms with Gasteiger partial charge in [-0.25, -0.2) is 8.42 Å². The summed E-state index contributed by atoms with van der Waals surface area (Å²) in [6.45, 7) is 1.02. The van der Waals surface area contributed by atoms with Gasteiger partial charge in [-0.1, -0.05) is 12.5 Å². The Labute approximate surface area is 181 Å². The molecule has 0 atom stereocenters. The van der Waals surface area contributed by atoms with Gasteiger partial charge in [-0.15, -0.1) is 0 Å². The minimum Gasteiger partial charge on any atom is -0.454 e. The predicted octanol–water partition coefficient (Wildman–Crippen LogP) is 0.592. The van der Waals surface area contributed by atoms with Gasteiger partial charge in [0.2, 0.25) is 15.9 Å². The molecule has 10 nitrogen and oxygen atoms in total. The van der Waals surface area contributed by atoms with E-state index in [1.165, 1.54) is 27.4 Å². The lowest BCUT2D eigenvalue weighted by molar-refractivity contribution is -0.151. The zero-order valence-electron chi connectivity index (χ0n) is 17.2. The SMILES string of the molecule is O=C(COC(=O)CN1CCCCCC1=O)Nc1cccc(S(=O)(=O)N2CCOCC2)c1. The standard InChI is InChI=1S/C20H27N3O7S/c24-18(15-30-20(26)14-22-8-3-1-2-7-19(22)25)21-16-5-4-6-17(13-16)31(27,28)23-9-11-29-12-10-23/h4-6,13H,1-3,7-12,14-15H2,(H,21,24). The van der Waals surface area contributed by atoms with E-state index in [0.717, 1.165) is 19.3 Å². The molecule has 0 aromatic heterocycles. The van der Waals surface area contributed by atoms with E-state index < -0.39 is 28.5 Å². The molecule has 2 fully saturated rings. The number of carbonyl (C=O) groups excluding carboxylic acids is 3. The first kappa shape index (κ1) is 23.2. The Kier molecular flexibility index (Phi) is 7.99. The molecular formula is C20H27N3O7S. The normalized spacial score (nSPS) is 18.3. The molecule has 2 aliphatic heterocycles. The molecule has 0 saturated carbocycles. The number of morpholine rings is 1. The van der Waals surface area contributed by atoms with Gasteiger partial charge < -0.3 is 19.7 Å². The summed E-state index contributed by atoms with van der Waals surface area (Å²) in [6, 6.07) is 5.90. The van der Waals surface area contributed by atoms with E-state index in [4.69, 9.17) is 9.47 Å². The predicted molar refractivity (Wildman–Crippen MR) is 111 cm³/mol. The van der Waals surface area contributed by atoms with Crippen LogP contribution in [0.1, 0.15) is 25.7 Å². The van der Waals surface area contributed by atoms with Crippen molar-refractivity contribution in [2.45, 2.75) is 30.6 Å². The maximum Gasteiger partial charge on any atom is 0.326 e. The quantitative estimate of drug-likeness (QED) is 0.600. The average Bonchev–Trinajstić information content (AvgIpc) is 2.97. The first-order chi connectivity index (χ1) is 14.9. The van der Waals surface area contributed by atoms with Gasteiger partial charge in [-0.2, -0.15) is 4.31 Å². The van der Waals surface area contributed by atoms with E-state index in [2.05, 4.69) is 5.32 Å². The highest BCUT2D eigenvalue weighted by Gasteiger charge is 2.26. The molecule has 2 amide bonds. The Morgan fingerprint density at radius 1 is 1.10 bits per heavy atom. The monoisotopic (exact) mass is 453 g/mol. The van der Waals surface area contributed by atoms with Crippen molar-refractivity contribution < 1.29 is 32.3 Å². The van der Waals surface area contributed by atoms with Crippen molar-refractivity contribution >= 4 is 33.5 Å². The number of benzene rings is 1. The van der Waals surface area contributed by atoms with Crippen molar-refractivity contribution in [1.82, 2.24) is 9.21 Å². The number of amides is 2. The summed E-state index contributed by atoms with van der Waals surface area (Å²) in [5.74, 6) is -1.34. The third kappa shape index (κ3) is 6.49. The number of sulfonamides is 1. The van der Waals surface area contributed by atoms with Crippen LogP contribution in [-0.4, -0.2) is 81.4 Å². The van der Waals surface area contributed by atoms with Crippen molar-refractivity contribution in [1.29, 1.82) is 0 Å². The molecule has 3 rings (SSSR count). The topological polar surface area (TPSA) is 122 Å². The van der Waals surface area contributed by atoms with Crippen LogP contribution in [0.25, 0.3) is 0 Å². The molecule has 0 aliphatic carbocycles. The number of nitrogens with zero attached hydrogens (tertiary/aromatic N) is 2. The van der Waals surface area contributed by atoms with Crippen LogP contribution >= 0.6 is 0 Å². The van der Waals surface area contributed by atoms with E-state index in [-0.39, 0.29) is 36.1 Å². The highest BCUT2D eigenvalue weighted by molar-refractivity contribution is 7.89. The third-order valence-corrected chi connectivity index (χ3v) is 6.98. The summed E-state index contributed by atoms with van der Waals surface area (Å²) in [5, 5.41) is 2.53. The average molecular weight is 454 g/mol. The van der Waals surface area contributed by atoms with Crippen molar-refractivity contribution in [2.75, 3.05) is 51.3 Å². The Morgan fingerprint density at radius 2 is 1.87 bits per heavy atom. The number of esters is 1. The first-order valence-corrected chi connectivity index (χ1v) is 11.7. The smallest absolute Gasteiger partial charge is 0.326 e. The lowest BCUT2D eigenvalue weighted by Gasteiger charge is -2.26.